The Balaban J connectivity index is 1.53. The number of hydrogen-bond acceptors (Lipinski definition) is 5. The third-order valence-corrected chi connectivity index (χ3v) is 6.13. The van der Waals surface area contributed by atoms with E-state index in [1.54, 1.807) is 21.9 Å². The van der Waals surface area contributed by atoms with Crippen molar-refractivity contribution in [3.63, 3.8) is 0 Å². The van der Waals surface area contributed by atoms with Gasteiger partial charge in [-0.2, -0.15) is 0 Å². The summed E-state index contributed by atoms with van der Waals surface area (Å²) in [5, 5.41) is 2.79. The smallest absolute Gasteiger partial charge is 0.317 e. The molecule has 0 bridgehead atoms. The van der Waals surface area contributed by atoms with Crippen LogP contribution >= 0.6 is 0 Å². The molecule has 0 radical (unpaired) electrons. The Kier molecular flexibility index (Phi) is 4.79. The van der Waals surface area contributed by atoms with Crippen molar-refractivity contribution < 1.29 is 22.4 Å². The minimum Gasteiger partial charge on any atom is -0.459 e. The summed E-state index contributed by atoms with van der Waals surface area (Å²) in [4.78, 5) is 27.9. The van der Waals surface area contributed by atoms with Crippen LogP contribution in [0.3, 0.4) is 0 Å². The lowest BCUT2D eigenvalue weighted by Crippen LogP contribution is -2.46. The summed E-state index contributed by atoms with van der Waals surface area (Å²) in [6, 6.07) is 2.72. The van der Waals surface area contributed by atoms with E-state index in [2.05, 4.69) is 5.32 Å². The van der Waals surface area contributed by atoms with E-state index >= 15 is 0 Å². The molecular weight excluding hydrogens is 334 g/mol. The van der Waals surface area contributed by atoms with E-state index in [1.165, 1.54) is 6.26 Å². The molecule has 3 amide bonds. The van der Waals surface area contributed by atoms with Gasteiger partial charge in [0.15, 0.2) is 15.6 Å². The maximum atomic E-state index is 12.3. The second-order valence-corrected chi connectivity index (χ2v) is 8.39. The summed E-state index contributed by atoms with van der Waals surface area (Å²) in [6.07, 6.45) is 2.59. The van der Waals surface area contributed by atoms with Gasteiger partial charge in [0.2, 0.25) is 0 Å². The summed E-state index contributed by atoms with van der Waals surface area (Å²) >= 11 is 0. The van der Waals surface area contributed by atoms with Gasteiger partial charge in [-0.25, -0.2) is 13.2 Å². The zero-order valence-electron chi connectivity index (χ0n) is 13.3. The van der Waals surface area contributed by atoms with Crippen LogP contribution in [-0.2, 0) is 9.84 Å². The van der Waals surface area contributed by atoms with Crippen molar-refractivity contribution in [2.45, 2.75) is 18.9 Å². The third-order valence-electron chi connectivity index (χ3n) is 4.36. The van der Waals surface area contributed by atoms with Crippen LogP contribution in [0.25, 0.3) is 0 Å². The van der Waals surface area contributed by atoms with Gasteiger partial charge in [0.25, 0.3) is 5.91 Å². The molecule has 2 saturated heterocycles. The van der Waals surface area contributed by atoms with Gasteiger partial charge in [-0.3, -0.25) is 4.79 Å². The molecule has 0 saturated carbocycles. The van der Waals surface area contributed by atoms with E-state index in [4.69, 9.17) is 4.42 Å². The van der Waals surface area contributed by atoms with Crippen LogP contribution < -0.4 is 5.32 Å². The Labute approximate surface area is 140 Å². The van der Waals surface area contributed by atoms with E-state index in [0.29, 0.717) is 44.8 Å². The molecule has 1 aromatic heterocycles. The molecule has 1 unspecified atom stereocenters. The highest BCUT2D eigenvalue weighted by molar-refractivity contribution is 7.91. The molecule has 0 spiro atoms. The number of rotatable bonds is 2. The lowest BCUT2D eigenvalue weighted by molar-refractivity contribution is 0.0730. The standard InChI is InChI=1S/C15H21N3O5S/c19-14(13-3-1-9-23-13)17-5-2-6-18(8-7-17)15(20)16-12-4-10-24(21,22)11-12/h1,3,9,12H,2,4-8,10-11H2,(H,16,20). The Morgan fingerprint density at radius 3 is 2.58 bits per heavy atom. The summed E-state index contributed by atoms with van der Waals surface area (Å²) < 4.78 is 28.1. The minimum atomic E-state index is -3.02. The van der Waals surface area contributed by atoms with E-state index in [1.807, 2.05) is 0 Å². The molecule has 1 N–H and O–H groups in total. The minimum absolute atomic E-state index is 0.00961. The first kappa shape index (κ1) is 16.8. The molecule has 1 atom stereocenters. The van der Waals surface area contributed by atoms with E-state index in [-0.39, 0.29) is 29.5 Å². The number of amides is 3. The average Bonchev–Trinajstić information content (AvgIpc) is 3.10. The Hall–Kier alpha value is -2.03. The van der Waals surface area contributed by atoms with Crippen molar-refractivity contribution in [3.8, 4) is 0 Å². The van der Waals surface area contributed by atoms with Crippen molar-refractivity contribution in [2.75, 3.05) is 37.7 Å². The lowest BCUT2D eigenvalue weighted by atomic mass is 10.3. The first-order valence-electron chi connectivity index (χ1n) is 8.03. The van der Waals surface area contributed by atoms with Gasteiger partial charge in [-0.15, -0.1) is 0 Å². The maximum absolute atomic E-state index is 12.3. The number of nitrogens with one attached hydrogen (secondary N) is 1. The fourth-order valence-corrected chi connectivity index (χ4v) is 4.73. The van der Waals surface area contributed by atoms with E-state index in [9.17, 15) is 18.0 Å². The van der Waals surface area contributed by atoms with Crippen molar-refractivity contribution in [2.24, 2.45) is 0 Å². The molecule has 9 heteroatoms. The van der Waals surface area contributed by atoms with Crippen LogP contribution in [0, 0.1) is 0 Å². The summed E-state index contributed by atoms with van der Waals surface area (Å²) in [5.41, 5.74) is 0. The number of carbonyl (C=O) groups is 2. The SMILES string of the molecule is O=C(NC1CCS(=O)(=O)C1)N1CCCN(C(=O)c2ccco2)CC1. The molecule has 1 aromatic rings. The average molecular weight is 355 g/mol. The highest BCUT2D eigenvalue weighted by Gasteiger charge is 2.31. The normalized spacial score (nSPS) is 23.8. The highest BCUT2D eigenvalue weighted by Crippen LogP contribution is 2.13. The molecule has 0 aliphatic carbocycles. The summed E-state index contributed by atoms with van der Waals surface area (Å²) in [5.74, 6) is 0.257. The maximum Gasteiger partial charge on any atom is 0.317 e. The fraction of sp³-hybridized carbons (Fsp3) is 0.600. The van der Waals surface area contributed by atoms with Crippen LogP contribution in [0.2, 0.25) is 0 Å². The second-order valence-electron chi connectivity index (χ2n) is 6.16. The zero-order chi connectivity index (χ0) is 17.2. The quantitative estimate of drug-likeness (QED) is 0.824. The fourth-order valence-electron chi connectivity index (χ4n) is 3.05. The Bertz CT molecular complexity index is 701. The molecule has 3 rings (SSSR count). The zero-order valence-corrected chi connectivity index (χ0v) is 14.1. The molecule has 2 aliphatic heterocycles. The summed E-state index contributed by atoms with van der Waals surface area (Å²) in [7, 11) is -3.02. The molecule has 24 heavy (non-hydrogen) atoms. The Morgan fingerprint density at radius 2 is 1.92 bits per heavy atom. The highest BCUT2D eigenvalue weighted by atomic mass is 32.2. The van der Waals surface area contributed by atoms with Crippen LogP contribution in [0.4, 0.5) is 4.79 Å². The van der Waals surface area contributed by atoms with E-state index < -0.39 is 9.84 Å². The van der Waals surface area contributed by atoms with Crippen LogP contribution in [0.5, 0.6) is 0 Å². The van der Waals surface area contributed by atoms with Crippen molar-refractivity contribution >= 4 is 21.8 Å². The van der Waals surface area contributed by atoms with Gasteiger partial charge < -0.3 is 19.5 Å². The second kappa shape index (κ2) is 6.84. The molecule has 2 fully saturated rings. The molecule has 132 valence electrons. The van der Waals surface area contributed by atoms with Gasteiger partial charge in [0.1, 0.15) is 0 Å². The molecule has 3 heterocycles. The number of furan rings is 1. The molecular formula is C15H21N3O5S. The monoisotopic (exact) mass is 355 g/mol. The van der Waals surface area contributed by atoms with Gasteiger partial charge in [-0.1, -0.05) is 0 Å². The first-order valence-corrected chi connectivity index (χ1v) is 9.85. The van der Waals surface area contributed by atoms with Crippen molar-refractivity contribution in [3.05, 3.63) is 24.2 Å². The van der Waals surface area contributed by atoms with Crippen LogP contribution in [0.15, 0.2) is 22.8 Å². The van der Waals surface area contributed by atoms with Crippen molar-refractivity contribution in [1.82, 2.24) is 15.1 Å². The van der Waals surface area contributed by atoms with Gasteiger partial charge in [-0.05, 0) is 25.0 Å². The number of hydrogen-bond donors (Lipinski definition) is 1. The third kappa shape index (κ3) is 3.89. The molecule has 2 aliphatic rings. The number of nitrogens with zero attached hydrogens (tertiary/aromatic N) is 2. The molecule has 8 nitrogen and oxygen atoms in total. The van der Waals surface area contributed by atoms with E-state index in [0.717, 1.165) is 0 Å². The van der Waals surface area contributed by atoms with Gasteiger partial charge in [0, 0.05) is 32.2 Å². The molecule has 0 aromatic carbocycles. The number of carbonyl (C=O) groups excluding carboxylic acids is 2. The van der Waals surface area contributed by atoms with Gasteiger partial charge in [0.05, 0.1) is 17.8 Å². The Morgan fingerprint density at radius 1 is 1.17 bits per heavy atom. The first-order chi connectivity index (χ1) is 11.4. The number of sulfone groups is 1. The number of urea groups is 1. The van der Waals surface area contributed by atoms with Gasteiger partial charge >= 0.3 is 6.03 Å². The summed E-state index contributed by atoms with van der Waals surface area (Å²) in [6.45, 7) is 1.93. The van der Waals surface area contributed by atoms with Crippen LogP contribution in [0.1, 0.15) is 23.4 Å². The van der Waals surface area contributed by atoms with Crippen LogP contribution in [-0.4, -0.2) is 73.9 Å². The lowest BCUT2D eigenvalue weighted by Gasteiger charge is -2.23. The largest absolute Gasteiger partial charge is 0.459 e. The van der Waals surface area contributed by atoms with Crippen molar-refractivity contribution in [1.29, 1.82) is 0 Å². The topological polar surface area (TPSA) is 99.9 Å². The predicted octanol–water partition coefficient (Wildman–Crippen LogP) is 0.324. The predicted molar refractivity (Wildman–Crippen MR) is 86.4 cm³/mol.